The fourth-order valence-electron chi connectivity index (χ4n) is 3.08. The molecule has 3 heteroatoms. The molecule has 1 aromatic heterocycles. The number of benzene rings is 2. The number of nitrogens with zero attached hydrogens (tertiary/aromatic N) is 2. The van der Waals surface area contributed by atoms with Gasteiger partial charge in [0.2, 0.25) is 0 Å². The van der Waals surface area contributed by atoms with E-state index in [0.29, 0.717) is 5.70 Å². The largest absolute Gasteiger partial charge is 0.399 e. The van der Waals surface area contributed by atoms with Gasteiger partial charge < -0.3 is 5.73 Å². The van der Waals surface area contributed by atoms with Crippen molar-refractivity contribution in [3.63, 3.8) is 0 Å². The van der Waals surface area contributed by atoms with Crippen molar-refractivity contribution >= 4 is 5.57 Å². The average molecular weight is 394 g/mol. The van der Waals surface area contributed by atoms with Crippen molar-refractivity contribution in [2.45, 2.75) is 19.8 Å². The Kier molecular flexibility index (Phi) is 7.51. The normalized spacial score (nSPS) is 12.8. The molecule has 4 rings (SSSR count). The lowest BCUT2D eigenvalue weighted by Gasteiger charge is -2.11. The summed E-state index contributed by atoms with van der Waals surface area (Å²) in [4.78, 5) is 9.64. The first-order chi connectivity index (χ1) is 14.7. The molecule has 2 aromatic carbocycles. The summed E-state index contributed by atoms with van der Waals surface area (Å²) in [5.74, 6) is 0.797. The fraction of sp³-hybridized carbons (Fsp3) is 0.111. The van der Waals surface area contributed by atoms with Crippen LogP contribution in [-0.2, 0) is 0 Å². The SMILES string of the molecule is C1=CC(c2nc(-c3ccccc3)cc(-c3ccccc3)n2)=CCC1.C=C(N)/C=C\C. The maximum Gasteiger partial charge on any atom is 0.160 e. The second kappa shape index (κ2) is 10.7. The summed E-state index contributed by atoms with van der Waals surface area (Å²) in [5, 5.41) is 0. The molecule has 1 aliphatic carbocycles. The van der Waals surface area contributed by atoms with Crippen LogP contribution in [0.3, 0.4) is 0 Å². The molecule has 30 heavy (non-hydrogen) atoms. The molecule has 1 aliphatic rings. The molecular weight excluding hydrogens is 366 g/mol. The number of hydrogen-bond acceptors (Lipinski definition) is 3. The van der Waals surface area contributed by atoms with Crippen LogP contribution in [0.2, 0.25) is 0 Å². The van der Waals surface area contributed by atoms with Crippen molar-refractivity contribution in [1.82, 2.24) is 9.97 Å². The Balaban J connectivity index is 0.000000377. The van der Waals surface area contributed by atoms with E-state index >= 15 is 0 Å². The van der Waals surface area contributed by atoms with Gasteiger partial charge >= 0.3 is 0 Å². The minimum Gasteiger partial charge on any atom is -0.399 e. The van der Waals surface area contributed by atoms with Gasteiger partial charge in [-0.2, -0.15) is 0 Å². The van der Waals surface area contributed by atoms with Crippen molar-refractivity contribution in [2.75, 3.05) is 0 Å². The van der Waals surface area contributed by atoms with E-state index in [1.54, 1.807) is 6.08 Å². The molecule has 0 aliphatic heterocycles. The van der Waals surface area contributed by atoms with Crippen LogP contribution in [0.15, 0.2) is 109 Å². The Labute approximate surface area is 179 Å². The molecule has 1 heterocycles. The molecule has 0 unspecified atom stereocenters. The van der Waals surface area contributed by atoms with E-state index in [-0.39, 0.29) is 0 Å². The van der Waals surface area contributed by atoms with Crippen molar-refractivity contribution in [3.05, 3.63) is 115 Å². The lowest BCUT2D eigenvalue weighted by molar-refractivity contribution is 1.03. The molecule has 0 spiro atoms. The second-order valence-corrected chi connectivity index (χ2v) is 6.91. The van der Waals surface area contributed by atoms with Crippen LogP contribution < -0.4 is 5.73 Å². The highest BCUT2D eigenvalue weighted by atomic mass is 14.9. The van der Waals surface area contributed by atoms with Crippen LogP contribution in [0.25, 0.3) is 28.1 Å². The van der Waals surface area contributed by atoms with Crippen LogP contribution in [0.1, 0.15) is 25.6 Å². The lowest BCUT2D eigenvalue weighted by Crippen LogP contribution is -1.99. The zero-order valence-corrected chi connectivity index (χ0v) is 17.3. The first-order valence-electron chi connectivity index (χ1n) is 10.1. The minimum atomic E-state index is 0.609. The molecule has 0 atom stereocenters. The van der Waals surface area contributed by atoms with Gasteiger partial charge in [0.25, 0.3) is 0 Å². The number of rotatable bonds is 4. The third-order valence-electron chi connectivity index (χ3n) is 4.50. The van der Waals surface area contributed by atoms with Gasteiger partial charge in [0.1, 0.15) is 0 Å². The van der Waals surface area contributed by atoms with Crippen LogP contribution in [-0.4, -0.2) is 9.97 Å². The maximum absolute atomic E-state index is 5.12. The number of nitrogens with two attached hydrogens (primary N) is 1. The summed E-state index contributed by atoms with van der Waals surface area (Å²) in [6.07, 6.45) is 12.3. The smallest absolute Gasteiger partial charge is 0.160 e. The van der Waals surface area contributed by atoms with Gasteiger partial charge in [0.05, 0.1) is 11.4 Å². The molecule has 0 radical (unpaired) electrons. The van der Waals surface area contributed by atoms with E-state index in [0.717, 1.165) is 46.8 Å². The Bertz CT molecular complexity index is 1000. The van der Waals surface area contributed by atoms with Crippen LogP contribution >= 0.6 is 0 Å². The van der Waals surface area contributed by atoms with E-state index in [1.807, 2.05) is 49.4 Å². The Morgan fingerprint density at radius 3 is 1.87 bits per heavy atom. The average Bonchev–Trinajstić information content (AvgIpc) is 2.81. The quantitative estimate of drug-likeness (QED) is 0.509. The zero-order chi connectivity index (χ0) is 21.2. The third kappa shape index (κ3) is 5.89. The van der Waals surface area contributed by atoms with Gasteiger partial charge in [0, 0.05) is 22.4 Å². The molecule has 3 aromatic rings. The second-order valence-electron chi connectivity index (χ2n) is 6.91. The van der Waals surface area contributed by atoms with Gasteiger partial charge in [-0.3, -0.25) is 0 Å². The van der Waals surface area contributed by atoms with Crippen molar-refractivity contribution < 1.29 is 0 Å². The van der Waals surface area contributed by atoms with Crippen LogP contribution in [0.4, 0.5) is 0 Å². The fourth-order valence-corrected chi connectivity index (χ4v) is 3.08. The monoisotopic (exact) mass is 393 g/mol. The first-order valence-corrected chi connectivity index (χ1v) is 10.1. The van der Waals surface area contributed by atoms with Crippen LogP contribution in [0, 0.1) is 0 Å². The summed E-state index contributed by atoms with van der Waals surface area (Å²) < 4.78 is 0. The zero-order valence-electron chi connectivity index (χ0n) is 17.3. The highest BCUT2D eigenvalue weighted by molar-refractivity contribution is 5.75. The molecule has 0 amide bonds. The topological polar surface area (TPSA) is 51.8 Å². The molecule has 2 N–H and O–H groups in total. The summed E-state index contributed by atoms with van der Waals surface area (Å²) in [6.45, 7) is 5.34. The van der Waals surface area contributed by atoms with E-state index in [4.69, 9.17) is 15.7 Å². The Hall–Kier alpha value is -3.72. The molecule has 0 saturated heterocycles. The van der Waals surface area contributed by atoms with Crippen molar-refractivity contribution in [1.29, 1.82) is 0 Å². The van der Waals surface area contributed by atoms with Gasteiger partial charge in [-0.1, -0.05) is 91.5 Å². The molecule has 150 valence electrons. The first kappa shape index (κ1) is 21.0. The molecule has 3 nitrogen and oxygen atoms in total. The Morgan fingerprint density at radius 2 is 1.47 bits per heavy atom. The summed E-state index contributed by atoms with van der Waals surface area (Å²) in [5.41, 5.74) is 11.0. The summed E-state index contributed by atoms with van der Waals surface area (Å²) in [6, 6.07) is 22.6. The number of hydrogen-bond donors (Lipinski definition) is 1. The van der Waals surface area contributed by atoms with E-state index < -0.39 is 0 Å². The molecule has 0 fully saturated rings. The van der Waals surface area contributed by atoms with Crippen molar-refractivity contribution in [3.8, 4) is 22.5 Å². The van der Waals surface area contributed by atoms with Gasteiger partial charge in [0.15, 0.2) is 5.82 Å². The van der Waals surface area contributed by atoms with Gasteiger partial charge in [-0.05, 0) is 31.9 Å². The Morgan fingerprint density at radius 1 is 0.900 bits per heavy atom. The number of aromatic nitrogens is 2. The predicted molar refractivity (Wildman–Crippen MR) is 127 cm³/mol. The summed E-state index contributed by atoms with van der Waals surface area (Å²) >= 11 is 0. The van der Waals surface area contributed by atoms with Gasteiger partial charge in [-0.15, -0.1) is 0 Å². The third-order valence-corrected chi connectivity index (χ3v) is 4.50. The number of allylic oxidation sites excluding steroid dienone is 6. The lowest BCUT2D eigenvalue weighted by atomic mass is 10.0. The molecular formula is C27H27N3. The highest BCUT2D eigenvalue weighted by Gasteiger charge is 2.11. The van der Waals surface area contributed by atoms with Gasteiger partial charge in [-0.25, -0.2) is 9.97 Å². The standard InChI is InChI=1S/C22H18N2.C5H9N/c1-4-10-17(11-5-1)20-16-21(18-12-6-2-7-13-18)24-22(23-20)19-14-8-3-9-15-19;1-3-4-5(2)6/h1-2,4-8,10-16H,3,9H2;3-4H,2,6H2,1H3/b;4-3-. The molecule has 0 bridgehead atoms. The highest BCUT2D eigenvalue weighted by Crippen LogP contribution is 2.27. The van der Waals surface area contributed by atoms with Crippen molar-refractivity contribution in [2.24, 2.45) is 5.73 Å². The van der Waals surface area contributed by atoms with E-state index in [9.17, 15) is 0 Å². The minimum absolute atomic E-state index is 0.609. The van der Waals surface area contributed by atoms with Crippen LogP contribution in [0.5, 0.6) is 0 Å². The maximum atomic E-state index is 5.12. The van der Waals surface area contributed by atoms with E-state index in [2.05, 4.69) is 55.1 Å². The summed E-state index contributed by atoms with van der Waals surface area (Å²) in [7, 11) is 0. The predicted octanol–water partition coefficient (Wildman–Crippen LogP) is 6.58. The van der Waals surface area contributed by atoms with E-state index in [1.165, 1.54) is 0 Å². The molecule has 0 saturated carbocycles.